The van der Waals surface area contributed by atoms with E-state index in [4.69, 9.17) is 38.8 Å². The van der Waals surface area contributed by atoms with Crippen LogP contribution in [0.2, 0.25) is 10.0 Å². The number of benzene rings is 4. The summed E-state index contributed by atoms with van der Waals surface area (Å²) in [6.45, 7) is 6.35. The second-order valence-corrected chi connectivity index (χ2v) is 19.7. The fraction of sp³-hybridized carbons (Fsp3) is 0.167. The average Bonchev–Trinajstić information content (AvgIpc) is 3.83. The fourth-order valence-electron chi connectivity index (χ4n) is 5.29. The third kappa shape index (κ3) is 13.3. The number of fused-ring (bicyclic) bond motifs is 2. The Labute approximate surface area is 398 Å². The monoisotopic (exact) mass is 1080 g/mol. The van der Waals surface area contributed by atoms with E-state index in [2.05, 4.69) is 57.1 Å². The molecule has 8 aromatic rings. The second kappa shape index (κ2) is 23.1. The number of aliphatic carboxylic acids is 1. The summed E-state index contributed by atoms with van der Waals surface area (Å²) >= 11 is 21.3. The molecule has 0 fully saturated rings. The highest BCUT2D eigenvalue weighted by Crippen LogP contribution is 2.29. The van der Waals surface area contributed by atoms with Crippen LogP contribution in [0.4, 0.5) is 16.5 Å². The minimum atomic E-state index is -3.48. The summed E-state index contributed by atoms with van der Waals surface area (Å²) in [5, 5.41) is 12.2. The number of thiazole rings is 2. The molecule has 0 aliphatic carbocycles. The zero-order valence-corrected chi connectivity index (χ0v) is 39.6. The molecule has 63 heavy (non-hydrogen) atoms. The number of nitrogens with one attached hydrogen (secondary N) is 1. The van der Waals surface area contributed by atoms with Crippen LogP contribution in [0.1, 0.15) is 39.8 Å². The van der Waals surface area contributed by atoms with Crippen molar-refractivity contribution in [1.29, 1.82) is 0 Å². The molecule has 0 atom stereocenters. The van der Waals surface area contributed by atoms with Gasteiger partial charge in [-0.1, -0.05) is 136 Å². The SMILES string of the molecule is C.C.CC(=O)O.CCS(=O)(=O)c1nc2ncn(-c3c(C)cccc3Cl)c(=O)c2s1.Cc1cccc(Cl)c1-n1cnc2nc(Nc3cccc(Br)c3)sc2c1=O.Nc1cccc(Br)c1. The number of para-hydroxylation sites is 2. The molecule has 4 aromatic carbocycles. The third-order valence-corrected chi connectivity index (χ3v) is 13.8. The number of anilines is 3. The van der Waals surface area contributed by atoms with E-state index < -0.39 is 15.8 Å². The van der Waals surface area contributed by atoms with Crippen LogP contribution < -0.4 is 22.2 Å². The van der Waals surface area contributed by atoms with Gasteiger partial charge in [0.15, 0.2) is 16.4 Å². The molecule has 0 amide bonds. The molecule has 0 aliphatic rings. The number of aromatic nitrogens is 6. The van der Waals surface area contributed by atoms with E-state index in [1.165, 1.54) is 40.0 Å². The normalized spacial score (nSPS) is 10.5. The highest BCUT2D eigenvalue weighted by molar-refractivity contribution is 9.10. The molecule has 14 nitrogen and oxygen atoms in total. The predicted molar refractivity (Wildman–Crippen MR) is 266 cm³/mol. The summed E-state index contributed by atoms with van der Waals surface area (Å²) in [5.41, 5.74) is 9.95. The highest BCUT2D eigenvalue weighted by atomic mass is 79.9. The summed E-state index contributed by atoms with van der Waals surface area (Å²) in [7, 11) is -3.48. The number of nitrogens with two attached hydrogens (primary N) is 1. The maximum Gasteiger partial charge on any atom is 0.300 e. The van der Waals surface area contributed by atoms with Crippen LogP contribution in [0, 0.1) is 13.8 Å². The van der Waals surface area contributed by atoms with Crippen molar-refractivity contribution in [1.82, 2.24) is 29.1 Å². The molecule has 0 unspecified atom stereocenters. The Hall–Kier alpha value is -5.02. The lowest BCUT2D eigenvalue weighted by molar-refractivity contribution is -0.134. The average molecular weight is 1080 g/mol. The summed E-state index contributed by atoms with van der Waals surface area (Å²) in [6.07, 6.45) is 2.79. The fourth-order valence-corrected chi connectivity index (χ4v) is 9.87. The highest BCUT2D eigenvalue weighted by Gasteiger charge is 2.21. The quantitative estimate of drug-likeness (QED) is 0.133. The molecule has 0 radical (unpaired) electrons. The van der Waals surface area contributed by atoms with Crippen molar-refractivity contribution < 1.29 is 18.3 Å². The smallest absolute Gasteiger partial charge is 0.300 e. The van der Waals surface area contributed by atoms with E-state index in [0.29, 0.717) is 36.9 Å². The van der Waals surface area contributed by atoms with Crippen LogP contribution in [0.15, 0.2) is 120 Å². The van der Waals surface area contributed by atoms with E-state index in [1.807, 2.05) is 80.6 Å². The zero-order valence-electron chi connectivity index (χ0n) is 32.4. The van der Waals surface area contributed by atoms with Crippen LogP contribution in [0.5, 0.6) is 0 Å². The summed E-state index contributed by atoms with van der Waals surface area (Å²) < 4.78 is 29.2. The lowest BCUT2D eigenvalue weighted by Gasteiger charge is -2.10. The molecule has 4 N–H and O–H groups in total. The largest absolute Gasteiger partial charge is 0.481 e. The van der Waals surface area contributed by atoms with E-state index in [-0.39, 0.29) is 46.4 Å². The number of rotatable bonds is 6. The van der Waals surface area contributed by atoms with E-state index in [1.54, 1.807) is 18.2 Å². The van der Waals surface area contributed by atoms with Crippen LogP contribution in [-0.4, -0.2) is 54.3 Å². The van der Waals surface area contributed by atoms with Crippen molar-refractivity contribution in [3.8, 4) is 11.4 Å². The molecule has 0 bridgehead atoms. The molecule has 4 heterocycles. The predicted octanol–water partition coefficient (Wildman–Crippen LogP) is 11.3. The van der Waals surface area contributed by atoms with Crippen molar-refractivity contribution >= 4 is 131 Å². The Kier molecular flexibility index (Phi) is 19.2. The Morgan fingerprint density at radius 3 is 1.68 bits per heavy atom. The molecule has 4 aromatic heterocycles. The first kappa shape index (κ1) is 52.3. The van der Waals surface area contributed by atoms with Gasteiger partial charge in [0.05, 0.1) is 27.2 Å². The molecule has 332 valence electrons. The Balaban J connectivity index is 0.000000261. The lowest BCUT2D eigenvalue weighted by atomic mass is 10.2. The van der Waals surface area contributed by atoms with Crippen LogP contribution in [0.25, 0.3) is 32.1 Å². The van der Waals surface area contributed by atoms with Gasteiger partial charge in [-0.15, -0.1) is 0 Å². The molecular weight excluding hydrogens is 1040 g/mol. The molecule has 0 aliphatic heterocycles. The minimum Gasteiger partial charge on any atom is -0.481 e. The molecular formula is C42H42Br2Cl2N8O6S3. The third-order valence-electron chi connectivity index (χ3n) is 8.05. The van der Waals surface area contributed by atoms with Gasteiger partial charge in [0.25, 0.3) is 17.1 Å². The minimum absolute atomic E-state index is 0. The van der Waals surface area contributed by atoms with Gasteiger partial charge in [0.1, 0.15) is 22.1 Å². The first-order chi connectivity index (χ1) is 28.9. The van der Waals surface area contributed by atoms with Gasteiger partial charge < -0.3 is 16.2 Å². The molecule has 0 saturated heterocycles. The molecule has 21 heteroatoms. The number of aryl methyl sites for hydroxylation is 2. The Bertz CT molecular complexity index is 3060. The van der Waals surface area contributed by atoms with Gasteiger partial charge in [-0.25, -0.2) is 23.4 Å². The number of nitrogens with zero attached hydrogens (tertiary/aromatic N) is 6. The first-order valence-corrected chi connectivity index (χ1v) is 23.3. The number of carboxylic acids is 1. The number of hydrogen-bond acceptors (Lipinski definition) is 13. The topological polar surface area (TPSA) is 205 Å². The number of hydrogen-bond donors (Lipinski definition) is 3. The van der Waals surface area contributed by atoms with Gasteiger partial charge in [0.2, 0.25) is 14.2 Å². The van der Waals surface area contributed by atoms with Crippen LogP contribution in [-0.2, 0) is 14.6 Å². The second-order valence-electron chi connectivity index (χ2n) is 12.6. The summed E-state index contributed by atoms with van der Waals surface area (Å²) in [4.78, 5) is 51.5. The van der Waals surface area contributed by atoms with Crippen LogP contribution >= 0.6 is 77.7 Å². The molecule has 0 spiro atoms. The number of halogens is 4. The van der Waals surface area contributed by atoms with Gasteiger partial charge in [-0.2, -0.15) is 4.98 Å². The maximum absolute atomic E-state index is 13.0. The van der Waals surface area contributed by atoms with Gasteiger partial charge in [-0.05, 0) is 73.5 Å². The van der Waals surface area contributed by atoms with Gasteiger partial charge >= 0.3 is 0 Å². The standard InChI is InChI=1S/C18H12BrClN4OS.C14H12ClN3O3S2.C6H6BrN.C2H4O2.2CH4/c1-10-4-2-7-13(20)14(10)24-9-21-16-15(17(24)25)26-18(23-16)22-12-6-3-5-11(19)8-12;1-3-23(20,21)14-17-12-11(22-14)13(19)18(7-16-12)10-8(2)5-4-6-9(10)15;7-5-2-1-3-6(8)4-5;1-2(3)4;;/h2-9H,1H3,(H,22,23);4-7H,3H2,1-2H3;1-4H,8H2;1H3,(H,3,4);2*1H4. The van der Waals surface area contributed by atoms with E-state index >= 15 is 0 Å². The Morgan fingerprint density at radius 2 is 1.24 bits per heavy atom. The number of sulfone groups is 1. The van der Waals surface area contributed by atoms with Gasteiger partial charge in [-0.3, -0.25) is 23.5 Å². The van der Waals surface area contributed by atoms with E-state index in [9.17, 15) is 18.0 Å². The van der Waals surface area contributed by atoms with Gasteiger partial charge in [0, 0.05) is 27.2 Å². The Morgan fingerprint density at radius 1 is 0.778 bits per heavy atom. The maximum atomic E-state index is 13.0. The first-order valence-electron chi connectivity index (χ1n) is 17.6. The van der Waals surface area contributed by atoms with Crippen molar-refractivity contribution in [2.24, 2.45) is 0 Å². The molecule has 0 saturated carbocycles. The van der Waals surface area contributed by atoms with E-state index in [0.717, 1.165) is 49.7 Å². The van der Waals surface area contributed by atoms with Crippen molar-refractivity contribution in [3.05, 3.63) is 148 Å². The van der Waals surface area contributed by atoms with Crippen LogP contribution in [0.3, 0.4) is 0 Å². The zero-order chi connectivity index (χ0) is 44.6. The molecule has 8 rings (SSSR count). The van der Waals surface area contributed by atoms with Crippen molar-refractivity contribution in [2.75, 3.05) is 16.8 Å². The number of nitrogen functional groups attached to an aromatic ring is 1. The van der Waals surface area contributed by atoms with Crippen molar-refractivity contribution in [3.63, 3.8) is 0 Å². The van der Waals surface area contributed by atoms with Crippen molar-refractivity contribution in [2.45, 2.75) is 46.9 Å². The lowest BCUT2D eigenvalue weighted by Crippen LogP contribution is -2.19. The number of carboxylic acid groups (broad SMARTS) is 1. The number of carbonyl (C=O) groups is 1. The summed E-state index contributed by atoms with van der Waals surface area (Å²) in [6, 6.07) is 26.1. The summed E-state index contributed by atoms with van der Waals surface area (Å²) in [5.74, 6) is -0.912.